The molecule has 8 aromatic rings. The van der Waals surface area contributed by atoms with Crippen molar-refractivity contribution in [2.24, 2.45) is 0 Å². The first kappa shape index (κ1) is 51.3. The fraction of sp³-hybridized carbons (Fsp3) is 0.413. The van der Waals surface area contributed by atoms with Gasteiger partial charge >= 0.3 is 0 Å². The van der Waals surface area contributed by atoms with Gasteiger partial charge in [0, 0.05) is 43.2 Å². The van der Waals surface area contributed by atoms with Gasteiger partial charge in [0.1, 0.15) is 0 Å². The van der Waals surface area contributed by atoms with Gasteiger partial charge in [-0.3, -0.25) is 0 Å². The third kappa shape index (κ3) is 7.53. The summed E-state index contributed by atoms with van der Waals surface area (Å²) in [6, 6.07) is 47.5. The Kier molecular flexibility index (Phi) is 10.8. The first-order chi connectivity index (χ1) is 37.2. The van der Waals surface area contributed by atoms with E-state index in [9.17, 15) is 0 Å². The second kappa shape index (κ2) is 16.6. The first-order valence-corrected chi connectivity index (χ1v) is 31.0. The van der Waals surface area contributed by atoms with E-state index in [2.05, 4.69) is 247 Å². The Morgan fingerprint density at radius 2 is 1.00 bits per heavy atom. The van der Waals surface area contributed by atoms with Crippen LogP contribution >= 0.6 is 11.3 Å². The van der Waals surface area contributed by atoms with Gasteiger partial charge in [0.15, 0.2) is 0 Å². The molecular weight excluding hydrogens is 972 g/mol. The van der Waals surface area contributed by atoms with E-state index in [1.54, 1.807) is 5.56 Å². The monoisotopic (exact) mass is 1050 g/mol. The molecular formula is C75H83BN2S. The largest absolute Gasteiger partial charge is 0.311 e. The highest BCUT2D eigenvalue weighted by Crippen LogP contribution is 2.57. The summed E-state index contributed by atoms with van der Waals surface area (Å²) in [6.45, 7) is 39.6. The Hall–Kier alpha value is -5.84. The molecule has 4 heteroatoms. The van der Waals surface area contributed by atoms with Gasteiger partial charge in [0.25, 0.3) is 6.71 Å². The standard InChI is InChI=1S/C75H83BN2S/c1-44-36-63-66-64(37-44)78(61-29-25-46(69(2,3)4)38-52(61)50-23-19-22-49-48-21-18-17-20-45(48)24-27-51(49)50)62-42-58-57(73(11,12)33-34-74(58,13)14)41-60(62)76(66)68-67(53-40-56-59(43-65(53)79-68)75(15,16)35-32-72(56,9)10)77(63)47-26-28-54-55(39-47)71(7,8)31-30-70(54,5)6/h17-23,25-26,28-29,36-43H,24,27,30-35H2,1-16H3. The molecule has 0 saturated carbocycles. The van der Waals surface area contributed by atoms with Crippen LogP contribution in [0.25, 0.3) is 32.3 Å². The van der Waals surface area contributed by atoms with E-state index in [4.69, 9.17) is 0 Å². The highest BCUT2D eigenvalue weighted by atomic mass is 32.1. The molecule has 4 aliphatic carbocycles. The minimum Gasteiger partial charge on any atom is -0.311 e. The van der Waals surface area contributed by atoms with Crippen molar-refractivity contribution in [2.45, 2.75) is 200 Å². The number of fused-ring (bicyclic) bond motifs is 12. The summed E-state index contributed by atoms with van der Waals surface area (Å²) < 4.78 is 2.90. The molecule has 0 amide bonds. The van der Waals surface area contributed by atoms with Gasteiger partial charge < -0.3 is 9.80 Å². The molecule has 0 bridgehead atoms. The highest BCUT2D eigenvalue weighted by Gasteiger charge is 2.50. The lowest BCUT2D eigenvalue weighted by atomic mass is 9.35. The van der Waals surface area contributed by atoms with Crippen LogP contribution in [0.5, 0.6) is 0 Å². The molecule has 0 fully saturated rings. The topological polar surface area (TPSA) is 6.48 Å². The van der Waals surface area contributed by atoms with Crippen molar-refractivity contribution in [2.75, 3.05) is 9.80 Å². The van der Waals surface area contributed by atoms with Crippen molar-refractivity contribution in [3.63, 3.8) is 0 Å². The van der Waals surface area contributed by atoms with Crippen LogP contribution in [0.15, 0.2) is 115 Å². The average Bonchev–Trinajstić information content (AvgIpc) is 2.55. The molecule has 402 valence electrons. The lowest BCUT2D eigenvalue weighted by Gasteiger charge is -2.47. The van der Waals surface area contributed by atoms with Gasteiger partial charge in [0.2, 0.25) is 0 Å². The zero-order chi connectivity index (χ0) is 55.5. The molecule has 2 nitrogen and oxygen atoms in total. The summed E-state index contributed by atoms with van der Waals surface area (Å²) in [5.41, 5.74) is 31.3. The van der Waals surface area contributed by atoms with Crippen molar-refractivity contribution in [3.05, 3.63) is 171 Å². The molecule has 14 rings (SSSR count). The number of nitrogens with zero attached hydrogens (tertiary/aromatic N) is 2. The van der Waals surface area contributed by atoms with E-state index < -0.39 is 0 Å². The van der Waals surface area contributed by atoms with Crippen LogP contribution in [-0.4, -0.2) is 6.71 Å². The van der Waals surface area contributed by atoms with Gasteiger partial charge in [-0.2, -0.15) is 0 Å². The fourth-order valence-electron chi connectivity index (χ4n) is 16.0. The Labute approximate surface area is 478 Å². The average molecular weight is 1060 g/mol. The molecule has 0 spiro atoms. The van der Waals surface area contributed by atoms with E-state index in [1.165, 1.54) is 171 Å². The van der Waals surface area contributed by atoms with Crippen molar-refractivity contribution < 1.29 is 0 Å². The number of aryl methyl sites for hydroxylation is 2. The number of benzene rings is 7. The smallest absolute Gasteiger partial charge is 0.264 e. The number of anilines is 6. The molecule has 0 atom stereocenters. The van der Waals surface area contributed by atoms with Crippen LogP contribution in [0, 0.1) is 6.92 Å². The van der Waals surface area contributed by atoms with Crippen LogP contribution in [0.2, 0.25) is 0 Å². The summed E-state index contributed by atoms with van der Waals surface area (Å²) in [5, 5.41) is 1.41. The first-order valence-electron chi connectivity index (χ1n) is 30.2. The maximum atomic E-state index is 2.78. The molecule has 0 unspecified atom stereocenters. The van der Waals surface area contributed by atoms with Crippen molar-refractivity contribution in [1.82, 2.24) is 0 Å². The molecule has 0 radical (unpaired) electrons. The predicted octanol–water partition coefficient (Wildman–Crippen LogP) is 19.1. The van der Waals surface area contributed by atoms with Crippen molar-refractivity contribution >= 4 is 78.0 Å². The SMILES string of the molecule is Cc1cc2c3c(c1)N(c1ccc4c(c1)C(C)(C)CCC4(C)C)c1c(sc4cc5c(cc14)C(C)(C)CCC5(C)C)B3c1cc3c(cc1N2c1ccc(C(C)(C)C)cc1-c1cccc2c1CCc1ccccc1-2)C(C)(C)CCC3(C)C. The minimum atomic E-state index is -0.0445. The number of thiophene rings is 1. The molecule has 1 aromatic heterocycles. The Bertz CT molecular complexity index is 3940. The third-order valence-electron chi connectivity index (χ3n) is 21.4. The predicted molar refractivity (Wildman–Crippen MR) is 343 cm³/mol. The maximum Gasteiger partial charge on any atom is 0.264 e. The normalized spacial score (nSPS) is 20.0. The van der Waals surface area contributed by atoms with Gasteiger partial charge in [0.05, 0.1) is 11.4 Å². The fourth-order valence-corrected chi connectivity index (χ4v) is 17.4. The molecule has 0 N–H and O–H groups in total. The van der Waals surface area contributed by atoms with Gasteiger partial charge in [-0.25, -0.2) is 0 Å². The van der Waals surface area contributed by atoms with Crippen LogP contribution in [0.1, 0.15) is 198 Å². The number of hydrogen-bond acceptors (Lipinski definition) is 3. The van der Waals surface area contributed by atoms with Crippen molar-refractivity contribution in [3.8, 4) is 22.3 Å². The number of hydrogen-bond donors (Lipinski definition) is 0. The Morgan fingerprint density at radius 3 is 1.65 bits per heavy atom. The van der Waals surface area contributed by atoms with Crippen LogP contribution < -0.4 is 25.5 Å². The Balaban J connectivity index is 1.12. The van der Waals surface area contributed by atoms with Gasteiger partial charge in [-0.15, -0.1) is 11.3 Å². The summed E-state index contributed by atoms with van der Waals surface area (Å²) in [7, 11) is 0. The lowest BCUT2D eigenvalue weighted by molar-refractivity contribution is 0.332. The summed E-state index contributed by atoms with van der Waals surface area (Å²) in [6.07, 6.45) is 9.18. The van der Waals surface area contributed by atoms with E-state index in [0.29, 0.717) is 0 Å². The second-order valence-corrected chi connectivity index (χ2v) is 31.6. The van der Waals surface area contributed by atoms with Crippen LogP contribution in [-0.2, 0) is 50.7 Å². The molecule has 0 saturated heterocycles. The summed E-state index contributed by atoms with van der Waals surface area (Å²) >= 11 is 2.10. The minimum absolute atomic E-state index is 0.0218. The molecule has 3 heterocycles. The summed E-state index contributed by atoms with van der Waals surface area (Å²) in [4.78, 5) is 5.57. The molecule has 2 aliphatic heterocycles. The van der Waals surface area contributed by atoms with E-state index >= 15 is 0 Å². The van der Waals surface area contributed by atoms with Crippen molar-refractivity contribution in [1.29, 1.82) is 0 Å². The van der Waals surface area contributed by atoms with Crippen LogP contribution in [0.4, 0.5) is 34.1 Å². The zero-order valence-corrected chi connectivity index (χ0v) is 51.3. The van der Waals surface area contributed by atoms with Gasteiger partial charge in [-0.1, -0.05) is 165 Å². The second-order valence-electron chi connectivity index (χ2n) is 30.5. The number of rotatable bonds is 3. The van der Waals surface area contributed by atoms with E-state index in [-0.39, 0.29) is 44.6 Å². The molecule has 7 aromatic carbocycles. The quantitative estimate of drug-likeness (QED) is 0.163. The maximum absolute atomic E-state index is 2.78. The highest BCUT2D eigenvalue weighted by molar-refractivity contribution is 7.33. The van der Waals surface area contributed by atoms with Crippen LogP contribution in [0.3, 0.4) is 0 Å². The summed E-state index contributed by atoms with van der Waals surface area (Å²) in [5.74, 6) is 0. The lowest BCUT2D eigenvalue weighted by Crippen LogP contribution is -2.61. The van der Waals surface area contributed by atoms with Gasteiger partial charge in [-0.05, 0) is 234 Å². The third-order valence-corrected chi connectivity index (χ3v) is 22.6. The molecule has 6 aliphatic rings. The van der Waals surface area contributed by atoms with E-state index in [0.717, 1.165) is 12.8 Å². The Morgan fingerprint density at radius 1 is 0.456 bits per heavy atom. The molecule has 79 heavy (non-hydrogen) atoms. The van der Waals surface area contributed by atoms with E-state index in [1.807, 2.05) is 0 Å². The zero-order valence-electron chi connectivity index (χ0n) is 50.5.